The molecule has 0 aliphatic heterocycles. The Morgan fingerprint density at radius 1 is 0.632 bits per heavy atom. The monoisotopic (exact) mass is 243 g/mol. The van der Waals surface area contributed by atoms with Gasteiger partial charge in [-0.25, -0.2) is 0 Å². The Balaban J connectivity index is 2.01. The Labute approximate surface area is 113 Å². The third-order valence-corrected chi connectivity index (χ3v) is 2.90. The highest BCUT2D eigenvalue weighted by Gasteiger charge is 1.99. The van der Waals surface area contributed by atoms with Gasteiger partial charge in [0.2, 0.25) is 0 Å². The molecule has 0 fully saturated rings. The molecule has 0 unspecified atom stereocenters. The quantitative estimate of drug-likeness (QED) is 0.572. The molecule has 1 nitrogen and oxygen atoms in total. The van der Waals surface area contributed by atoms with Crippen LogP contribution in [0.25, 0.3) is 5.69 Å². The maximum atomic E-state index is 3.25. The van der Waals surface area contributed by atoms with Crippen molar-refractivity contribution in [3.63, 3.8) is 0 Å². The lowest BCUT2D eigenvalue weighted by Crippen LogP contribution is -1.93. The van der Waals surface area contributed by atoms with Crippen molar-refractivity contribution in [3.05, 3.63) is 90.3 Å². The summed E-state index contributed by atoms with van der Waals surface area (Å²) < 4.78 is 2.08. The molecular formula is C18H13N. The van der Waals surface area contributed by atoms with Crippen LogP contribution in [0.1, 0.15) is 11.1 Å². The molecule has 2 aromatic carbocycles. The summed E-state index contributed by atoms with van der Waals surface area (Å²) in [7, 11) is 0. The molecule has 0 saturated heterocycles. The van der Waals surface area contributed by atoms with Gasteiger partial charge < -0.3 is 4.57 Å². The van der Waals surface area contributed by atoms with Crippen LogP contribution in [0.2, 0.25) is 0 Å². The topological polar surface area (TPSA) is 4.93 Å². The highest BCUT2D eigenvalue weighted by atomic mass is 14.9. The number of hydrogen-bond donors (Lipinski definition) is 0. The van der Waals surface area contributed by atoms with Crippen LogP contribution in [0, 0.1) is 11.8 Å². The first-order chi connectivity index (χ1) is 9.43. The summed E-state index contributed by atoms with van der Waals surface area (Å²) in [4.78, 5) is 0. The van der Waals surface area contributed by atoms with Crippen LogP contribution < -0.4 is 0 Å². The predicted molar refractivity (Wildman–Crippen MR) is 78.2 cm³/mol. The molecule has 90 valence electrons. The second kappa shape index (κ2) is 5.29. The first-order valence-corrected chi connectivity index (χ1v) is 6.23. The zero-order valence-electron chi connectivity index (χ0n) is 10.5. The summed E-state index contributed by atoms with van der Waals surface area (Å²) in [6.45, 7) is 0. The van der Waals surface area contributed by atoms with Crippen molar-refractivity contribution in [2.45, 2.75) is 0 Å². The Morgan fingerprint density at radius 3 is 2.11 bits per heavy atom. The number of hydrogen-bond acceptors (Lipinski definition) is 0. The fraction of sp³-hybridized carbons (Fsp3) is 0. The maximum absolute atomic E-state index is 3.25. The van der Waals surface area contributed by atoms with Crippen molar-refractivity contribution in [3.8, 4) is 17.5 Å². The third kappa shape index (κ3) is 2.59. The SMILES string of the molecule is C(#Cc1ccccc1-n1cccc1)c1ccccc1. The van der Waals surface area contributed by atoms with Crippen LogP contribution in [0.5, 0.6) is 0 Å². The van der Waals surface area contributed by atoms with E-state index in [1.807, 2.05) is 73.1 Å². The van der Waals surface area contributed by atoms with E-state index >= 15 is 0 Å². The van der Waals surface area contributed by atoms with E-state index in [0.717, 1.165) is 16.8 Å². The van der Waals surface area contributed by atoms with Gasteiger partial charge in [-0.2, -0.15) is 0 Å². The molecule has 3 aromatic rings. The second-order valence-electron chi connectivity index (χ2n) is 4.22. The summed E-state index contributed by atoms with van der Waals surface area (Å²) >= 11 is 0. The van der Waals surface area contributed by atoms with Gasteiger partial charge in [0, 0.05) is 23.5 Å². The van der Waals surface area contributed by atoms with Crippen LogP contribution in [-0.4, -0.2) is 4.57 Å². The summed E-state index contributed by atoms with van der Waals surface area (Å²) in [5, 5.41) is 0. The van der Waals surface area contributed by atoms with Crippen molar-refractivity contribution in [1.82, 2.24) is 4.57 Å². The summed E-state index contributed by atoms with van der Waals surface area (Å²) in [5.74, 6) is 6.45. The van der Waals surface area contributed by atoms with Gasteiger partial charge in [-0.05, 0) is 36.4 Å². The maximum Gasteiger partial charge on any atom is 0.0606 e. The van der Waals surface area contributed by atoms with Gasteiger partial charge in [-0.1, -0.05) is 42.2 Å². The first kappa shape index (κ1) is 11.4. The van der Waals surface area contributed by atoms with Crippen molar-refractivity contribution in [2.75, 3.05) is 0 Å². The van der Waals surface area contributed by atoms with E-state index in [1.165, 1.54) is 0 Å². The van der Waals surface area contributed by atoms with E-state index < -0.39 is 0 Å². The standard InChI is InChI=1S/C18H13N/c1-2-8-16(9-3-1)12-13-17-10-4-5-11-18(17)19-14-6-7-15-19/h1-11,14-15H. The molecule has 1 aromatic heterocycles. The Bertz CT molecular complexity index is 713. The molecule has 1 heterocycles. The van der Waals surface area contributed by atoms with Crippen molar-refractivity contribution in [2.24, 2.45) is 0 Å². The highest BCUT2D eigenvalue weighted by Crippen LogP contribution is 2.13. The van der Waals surface area contributed by atoms with Gasteiger partial charge in [0.25, 0.3) is 0 Å². The van der Waals surface area contributed by atoms with Crippen LogP contribution in [0.3, 0.4) is 0 Å². The minimum Gasteiger partial charge on any atom is -0.323 e. The molecule has 0 aliphatic rings. The fourth-order valence-corrected chi connectivity index (χ4v) is 1.96. The fourth-order valence-electron chi connectivity index (χ4n) is 1.96. The Kier molecular flexibility index (Phi) is 3.16. The number of para-hydroxylation sites is 1. The number of rotatable bonds is 1. The minimum absolute atomic E-state index is 1.03. The normalized spacial score (nSPS) is 9.68. The molecule has 0 aliphatic carbocycles. The molecule has 19 heavy (non-hydrogen) atoms. The second-order valence-corrected chi connectivity index (χ2v) is 4.22. The minimum atomic E-state index is 1.03. The van der Waals surface area contributed by atoms with E-state index in [2.05, 4.69) is 22.5 Å². The number of nitrogens with zero attached hydrogens (tertiary/aromatic N) is 1. The van der Waals surface area contributed by atoms with Crippen molar-refractivity contribution >= 4 is 0 Å². The van der Waals surface area contributed by atoms with Gasteiger partial charge in [-0.15, -0.1) is 0 Å². The molecule has 0 bridgehead atoms. The molecule has 0 atom stereocenters. The van der Waals surface area contributed by atoms with E-state index in [-0.39, 0.29) is 0 Å². The highest BCUT2D eigenvalue weighted by molar-refractivity contribution is 5.53. The largest absolute Gasteiger partial charge is 0.323 e. The first-order valence-electron chi connectivity index (χ1n) is 6.23. The molecule has 0 saturated carbocycles. The van der Waals surface area contributed by atoms with Crippen LogP contribution >= 0.6 is 0 Å². The molecule has 1 heteroatoms. The van der Waals surface area contributed by atoms with Crippen LogP contribution in [0.15, 0.2) is 79.1 Å². The Hall–Kier alpha value is -2.72. The molecule has 0 N–H and O–H groups in total. The number of benzene rings is 2. The van der Waals surface area contributed by atoms with E-state index in [4.69, 9.17) is 0 Å². The van der Waals surface area contributed by atoms with E-state index in [9.17, 15) is 0 Å². The lowest BCUT2D eigenvalue weighted by atomic mass is 10.1. The Morgan fingerprint density at radius 2 is 1.32 bits per heavy atom. The zero-order valence-corrected chi connectivity index (χ0v) is 10.5. The average molecular weight is 243 g/mol. The number of aromatic nitrogens is 1. The molecule has 0 spiro atoms. The summed E-state index contributed by atoms with van der Waals surface area (Å²) in [6.07, 6.45) is 4.06. The van der Waals surface area contributed by atoms with Gasteiger partial charge in [0.15, 0.2) is 0 Å². The molecular weight excluding hydrogens is 230 g/mol. The van der Waals surface area contributed by atoms with Crippen molar-refractivity contribution < 1.29 is 0 Å². The van der Waals surface area contributed by atoms with Crippen LogP contribution in [0.4, 0.5) is 0 Å². The van der Waals surface area contributed by atoms with Gasteiger partial charge >= 0.3 is 0 Å². The lowest BCUT2D eigenvalue weighted by Gasteiger charge is -2.05. The van der Waals surface area contributed by atoms with Crippen molar-refractivity contribution in [1.29, 1.82) is 0 Å². The summed E-state index contributed by atoms with van der Waals surface area (Å²) in [5.41, 5.74) is 3.17. The predicted octanol–water partition coefficient (Wildman–Crippen LogP) is 3.88. The molecule has 0 amide bonds. The average Bonchev–Trinajstić information content (AvgIpc) is 3.01. The lowest BCUT2D eigenvalue weighted by molar-refractivity contribution is 1.07. The molecule has 3 rings (SSSR count). The van der Waals surface area contributed by atoms with E-state index in [0.29, 0.717) is 0 Å². The van der Waals surface area contributed by atoms with Crippen LogP contribution in [-0.2, 0) is 0 Å². The van der Waals surface area contributed by atoms with Gasteiger partial charge in [0.1, 0.15) is 0 Å². The van der Waals surface area contributed by atoms with Gasteiger partial charge in [0.05, 0.1) is 5.69 Å². The smallest absolute Gasteiger partial charge is 0.0606 e. The molecule has 0 radical (unpaired) electrons. The summed E-state index contributed by atoms with van der Waals surface area (Å²) in [6, 6.07) is 22.2. The van der Waals surface area contributed by atoms with Gasteiger partial charge in [-0.3, -0.25) is 0 Å². The zero-order chi connectivity index (χ0) is 12.9. The van der Waals surface area contributed by atoms with E-state index in [1.54, 1.807) is 0 Å². The third-order valence-electron chi connectivity index (χ3n) is 2.90.